The Bertz CT molecular complexity index is 207. The van der Waals surface area contributed by atoms with Gasteiger partial charge in [0.2, 0.25) is 0 Å². The van der Waals surface area contributed by atoms with Gasteiger partial charge in [-0.1, -0.05) is 0 Å². The van der Waals surface area contributed by atoms with Crippen LogP contribution in [0.5, 0.6) is 0 Å². The molecule has 1 saturated carbocycles. The van der Waals surface area contributed by atoms with E-state index in [0.717, 1.165) is 38.9 Å². The van der Waals surface area contributed by atoms with Gasteiger partial charge in [0.25, 0.3) is 0 Å². The lowest BCUT2D eigenvalue weighted by molar-refractivity contribution is -0.149. The van der Waals surface area contributed by atoms with E-state index in [-0.39, 0.29) is 6.29 Å². The molecule has 1 aliphatic heterocycles. The van der Waals surface area contributed by atoms with Crippen molar-refractivity contribution in [3.63, 3.8) is 0 Å². The van der Waals surface area contributed by atoms with Gasteiger partial charge in [-0.05, 0) is 26.7 Å². The van der Waals surface area contributed by atoms with Crippen LogP contribution in [0.1, 0.15) is 26.7 Å². The van der Waals surface area contributed by atoms with Crippen LogP contribution in [-0.4, -0.2) is 68.1 Å². The number of rotatable bonds is 7. The number of hydrogen-bond acceptors (Lipinski definition) is 4. The van der Waals surface area contributed by atoms with Gasteiger partial charge >= 0.3 is 0 Å². The average Bonchev–Trinajstić information content (AvgIpc) is 3.15. The topological polar surface area (TPSA) is 24.9 Å². The van der Waals surface area contributed by atoms with Crippen LogP contribution in [0.4, 0.5) is 0 Å². The maximum Gasteiger partial charge on any atom is 0.170 e. The van der Waals surface area contributed by atoms with Gasteiger partial charge in [-0.3, -0.25) is 9.80 Å². The first-order valence-corrected chi connectivity index (χ1v) is 7.03. The summed E-state index contributed by atoms with van der Waals surface area (Å²) < 4.78 is 11.2. The Morgan fingerprint density at radius 3 is 2.06 bits per heavy atom. The van der Waals surface area contributed by atoms with Crippen LogP contribution in [0.15, 0.2) is 0 Å². The first-order chi connectivity index (χ1) is 8.33. The summed E-state index contributed by atoms with van der Waals surface area (Å²) in [6, 6.07) is 0.909. The van der Waals surface area contributed by atoms with Crippen LogP contribution in [0.2, 0.25) is 0 Å². The summed E-state index contributed by atoms with van der Waals surface area (Å²) >= 11 is 0. The molecule has 0 bridgehead atoms. The summed E-state index contributed by atoms with van der Waals surface area (Å²) in [6.07, 6.45) is 2.79. The highest BCUT2D eigenvalue weighted by molar-refractivity contribution is 4.87. The molecule has 2 aliphatic rings. The minimum atomic E-state index is -0.0440. The van der Waals surface area contributed by atoms with Crippen molar-refractivity contribution in [2.75, 3.05) is 45.9 Å². The van der Waals surface area contributed by atoms with Gasteiger partial charge in [0, 0.05) is 52.0 Å². The van der Waals surface area contributed by atoms with E-state index in [1.54, 1.807) is 0 Å². The van der Waals surface area contributed by atoms with Gasteiger partial charge in [0.15, 0.2) is 6.29 Å². The fourth-order valence-corrected chi connectivity index (χ4v) is 2.49. The fraction of sp³-hybridized carbons (Fsp3) is 1.00. The summed E-state index contributed by atoms with van der Waals surface area (Å²) in [5.74, 6) is 0. The Hall–Kier alpha value is -0.160. The molecule has 0 atom stereocenters. The lowest BCUT2D eigenvalue weighted by Crippen LogP contribution is -2.49. The van der Waals surface area contributed by atoms with Crippen LogP contribution in [0.3, 0.4) is 0 Å². The molecular formula is C13H26N2O2. The van der Waals surface area contributed by atoms with Gasteiger partial charge in [0.05, 0.1) is 0 Å². The van der Waals surface area contributed by atoms with E-state index in [1.807, 2.05) is 13.8 Å². The fourth-order valence-electron chi connectivity index (χ4n) is 2.49. The lowest BCUT2D eigenvalue weighted by Gasteiger charge is -2.36. The van der Waals surface area contributed by atoms with E-state index in [9.17, 15) is 0 Å². The Labute approximate surface area is 105 Å². The smallest absolute Gasteiger partial charge is 0.170 e. The molecule has 4 nitrogen and oxygen atoms in total. The zero-order chi connectivity index (χ0) is 12.1. The largest absolute Gasteiger partial charge is 0.352 e. The highest BCUT2D eigenvalue weighted by Gasteiger charge is 2.31. The first kappa shape index (κ1) is 13.3. The maximum atomic E-state index is 5.59. The van der Waals surface area contributed by atoms with E-state index < -0.39 is 0 Å². The molecule has 0 N–H and O–H groups in total. The summed E-state index contributed by atoms with van der Waals surface area (Å²) in [7, 11) is 0. The van der Waals surface area contributed by atoms with Crippen molar-refractivity contribution < 1.29 is 9.47 Å². The molecule has 0 aromatic rings. The van der Waals surface area contributed by atoms with Crippen molar-refractivity contribution >= 4 is 0 Å². The summed E-state index contributed by atoms with van der Waals surface area (Å²) in [4.78, 5) is 5.10. The molecule has 17 heavy (non-hydrogen) atoms. The quantitative estimate of drug-likeness (QED) is 0.626. The summed E-state index contributed by atoms with van der Waals surface area (Å²) in [5.41, 5.74) is 0. The Morgan fingerprint density at radius 1 is 1.00 bits per heavy atom. The molecule has 2 rings (SSSR count). The van der Waals surface area contributed by atoms with Crippen LogP contribution in [0.25, 0.3) is 0 Å². The minimum Gasteiger partial charge on any atom is -0.352 e. The second-order valence-corrected chi connectivity index (χ2v) is 4.91. The minimum absolute atomic E-state index is 0.0440. The lowest BCUT2D eigenvalue weighted by atomic mass is 10.3. The van der Waals surface area contributed by atoms with Crippen LogP contribution < -0.4 is 0 Å². The molecule has 4 heteroatoms. The van der Waals surface area contributed by atoms with Crippen molar-refractivity contribution in [3.8, 4) is 0 Å². The van der Waals surface area contributed by atoms with Crippen molar-refractivity contribution in [3.05, 3.63) is 0 Å². The molecule has 0 aromatic heterocycles. The molecule has 1 heterocycles. The highest BCUT2D eigenvalue weighted by atomic mass is 16.7. The normalized spacial score (nSPS) is 23.5. The van der Waals surface area contributed by atoms with Crippen molar-refractivity contribution in [2.45, 2.75) is 39.0 Å². The molecule has 2 fully saturated rings. The monoisotopic (exact) mass is 242 g/mol. The molecule has 0 amide bonds. The standard InChI is InChI=1S/C13H26N2O2/c1-3-16-13(17-4-2)11-14-7-9-15(10-8-14)12-5-6-12/h12-13H,3-11H2,1-2H3. The Morgan fingerprint density at radius 2 is 1.59 bits per heavy atom. The van der Waals surface area contributed by atoms with E-state index in [4.69, 9.17) is 9.47 Å². The number of ether oxygens (including phenoxy) is 2. The zero-order valence-electron chi connectivity index (χ0n) is 11.2. The third-order valence-electron chi connectivity index (χ3n) is 3.58. The number of piperazine rings is 1. The molecule has 0 radical (unpaired) electrons. The van der Waals surface area contributed by atoms with Crippen LogP contribution >= 0.6 is 0 Å². The average molecular weight is 242 g/mol. The van der Waals surface area contributed by atoms with Crippen LogP contribution in [0, 0.1) is 0 Å². The van der Waals surface area contributed by atoms with Gasteiger partial charge in [-0.25, -0.2) is 0 Å². The second-order valence-electron chi connectivity index (χ2n) is 4.91. The third kappa shape index (κ3) is 4.21. The van der Waals surface area contributed by atoms with E-state index >= 15 is 0 Å². The first-order valence-electron chi connectivity index (χ1n) is 7.03. The van der Waals surface area contributed by atoms with Gasteiger partial charge in [0.1, 0.15) is 0 Å². The predicted octanol–water partition coefficient (Wildman–Crippen LogP) is 1.17. The number of hydrogen-bond donors (Lipinski definition) is 0. The van der Waals surface area contributed by atoms with E-state index in [1.165, 1.54) is 25.9 Å². The molecule has 0 unspecified atom stereocenters. The van der Waals surface area contributed by atoms with Gasteiger partial charge in [-0.15, -0.1) is 0 Å². The predicted molar refractivity (Wildman–Crippen MR) is 68.1 cm³/mol. The molecule has 1 saturated heterocycles. The molecule has 100 valence electrons. The molecule has 1 aliphatic carbocycles. The van der Waals surface area contributed by atoms with Gasteiger partial charge in [-0.2, -0.15) is 0 Å². The van der Waals surface area contributed by atoms with Crippen LogP contribution in [-0.2, 0) is 9.47 Å². The summed E-state index contributed by atoms with van der Waals surface area (Å²) in [6.45, 7) is 11.2. The highest BCUT2D eigenvalue weighted by Crippen LogP contribution is 2.27. The number of nitrogens with zero attached hydrogens (tertiary/aromatic N) is 2. The van der Waals surface area contributed by atoms with Crippen molar-refractivity contribution in [2.24, 2.45) is 0 Å². The zero-order valence-corrected chi connectivity index (χ0v) is 11.2. The SMILES string of the molecule is CCOC(CN1CCN(C2CC2)CC1)OCC. The summed E-state index contributed by atoms with van der Waals surface area (Å²) in [5, 5.41) is 0. The van der Waals surface area contributed by atoms with Gasteiger partial charge < -0.3 is 9.47 Å². The van der Waals surface area contributed by atoms with E-state index in [0.29, 0.717) is 0 Å². The third-order valence-corrected chi connectivity index (χ3v) is 3.58. The molecule has 0 aromatic carbocycles. The van der Waals surface area contributed by atoms with Crippen molar-refractivity contribution in [1.82, 2.24) is 9.80 Å². The van der Waals surface area contributed by atoms with E-state index in [2.05, 4.69) is 9.80 Å². The Kier molecular flexibility index (Phi) is 5.22. The molecule has 0 spiro atoms. The molecular weight excluding hydrogens is 216 g/mol. The maximum absolute atomic E-state index is 5.59. The van der Waals surface area contributed by atoms with Crippen molar-refractivity contribution in [1.29, 1.82) is 0 Å². The second kappa shape index (κ2) is 6.69. The Balaban J connectivity index is 1.67.